The molecular formula is C15H25N3O. The molecule has 1 saturated heterocycles. The number of nitrogens with one attached hydrogen (secondary N) is 1. The summed E-state index contributed by atoms with van der Waals surface area (Å²) in [5, 5.41) is 12.4. The molecule has 1 atom stereocenters. The zero-order valence-electron chi connectivity index (χ0n) is 11.8. The van der Waals surface area contributed by atoms with Gasteiger partial charge in [-0.1, -0.05) is 13.0 Å². The maximum Gasteiger partial charge on any atom is 0.128 e. The van der Waals surface area contributed by atoms with E-state index in [0.29, 0.717) is 12.5 Å². The zero-order valence-corrected chi connectivity index (χ0v) is 11.8. The number of anilines is 1. The van der Waals surface area contributed by atoms with Crippen LogP contribution in [0, 0.1) is 5.92 Å². The summed E-state index contributed by atoms with van der Waals surface area (Å²) in [7, 11) is 0. The topological polar surface area (TPSA) is 48.4 Å². The molecule has 0 bridgehead atoms. The molecule has 1 fully saturated rings. The van der Waals surface area contributed by atoms with Crippen LogP contribution in [0.1, 0.15) is 31.7 Å². The molecule has 2 N–H and O–H groups in total. The van der Waals surface area contributed by atoms with Gasteiger partial charge >= 0.3 is 0 Å². The summed E-state index contributed by atoms with van der Waals surface area (Å²) in [5.41, 5.74) is 1.24. The van der Waals surface area contributed by atoms with E-state index in [4.69, 9.17) is 5.11 Å². The Morgan fingerprint density at radius 1 is 1.47 bits per heavy atom. The van der Waals surface area contributed by atoms with Crippen molar-refractivity contribution in [3.63, 3.8) is 0 Å². The monoisotopic (exact) mass is 263 g/mol. The molecule has 19 heavy (non-hydrogen) atoms. The van der Waals surface area contributed by atoms with Crippen LogP contribution in [0.15, 0.2) is 18.3 Å². The van der Waals surface area contributed by atoms with Crippen LogP contribution in [0.25, 0.3) is 0 Å². The summed E-state index contributed by atoms with van der Waals surface area (Å²) in [4.78, 5) is 6.88. The highest BCUT2D eigenvalue weighted by molar-refractivity contribution is 5.40. The maximum absolute atomic E-state index is 8.98. The van der Waals surface area contributed by atoms with Gasteiger partial charge in [0.1, 0.15) is 5.82 Å². The Balaban J connectivity index is 1.85. The second kappa shape index (κ2) is 7.46. The second-order valence-corrected chi connectivity index (χ2v) is 5.31. The summed E-state index contributed by atoms with van der Waals surface area (Å²) in [6, 6.07) is 4.27. The van der Waals surface area contributed by atoms with E-state index < -0.39 is 0 Å². The summed E-state index contributed by atoms with van der Waals surface area (Å²) in [5.74, 6) is 1.69. The van der Waals surface area contributed by atoms with Crippen molar-refractivity contribution in [3.05, 3.63) is 23.9 Å². The lowest BCUT2D eigenvalue weighted by Crippen LogP contribution is -2.21. The molecule has 0 saturated carbocycles. The van der Waals surface area contributed by atoms with E-state index in [-0.39, 0.29) is 0 Å². The minimum Gasteiger partial charge on any atom is -0.396 e. The van der Waals surface area contributed by atoms with Crippen molar-refractivity contribution in [2.45, 2.75) is 32.7 Å². The van der Waals surface area contributed by atoms with Crippen LogP contribution in [-0.2, 0) is 6.54 Å². The van der Waals surface area contributed by atoms with Crippen LogP contribution in [0.5, 0.6) is 0 Å². The molecule has 1 unspecified atom stereocenters. The van der Waals surface area contributed by atoms with Crippen molar-refractivity contribution < 1.29 is 5.11 Å². The van der Waals surface area contributed by atoms with E-state index in [2.05, 4.69) is 34.3 Å². The fraction of sp³-hybridized carbons (Fsp3) is 0.667. The lowest BCUT2D eigenvalue weighted by Gasteiger charge is -2.17. The fourth-order valence-corrected chi connectivity index (χ4v) is 2.58. The average Bonchev–Trinajstić information content (AvgIpc) is 2.89. The molecule has 2 heterocycles. The standard InChI is InChI=1S/C15H25N3O/c1-2-7-16-10-14-3-4-15(17-11-14)18-8-5-13(12-18)6-9-19/h3-4,11,13,16,19H,2,5-10,12H2,1H3. The number of rotatable bonds is 7. The van der Waals surface area contributed by atoms with Crippen LogP contribution in [0.4, 0.5) is 5.82 Å². The number of aliphatic hydroxyl groups excluding tert-OH is 1. The van der Waals surface area contributed by atoms with Crippen LogP contribution < -0.4 is 10.2 Å². The number of aliphatic hydroxyl groups is 1. The van der Waals surface area contributed by atoms with E-state index in [9.17, 15) is 0 Å². The first-order valence-electron chi connectivity index (χ1n) is 7.35. The van der Waals surface area contributed by atoms with Crippen molar-refractivity contribution in [3.8, 4) is 0 Å². The number of hydrogen-bond acceptors (Lipinski definition) is 4. The third kappa shape index (κ3) is 4.18. The first-order chi connectivity index (χ1) is 9.33. The first-order valence-corrected chi connectivity index (χ1v) is 7.35. The van der Waals surface area contributed by atoms with E-state index >= 15 is 0 Å². The first kappa shape index (κ1) is 14.3. The molecule has 2 rings (SSSR count). The summed E-state index contributed by atoms with van der Waals surface area (Å²) in [6.07, 6.45) is 5.21. The molecule has 1 aliphatic heterocycles. The Hall–Kier alpha value is -1.13. The second-order valence-electron chi connectivity index (χ2n) is 5.31. The van der Waals surface area contributed by atoms with Gasteiger partial charge in [0.2, 0.25) is 0 Å². The Kier molecular flexibility index (Phi) is 5.61. The minimum atomic E-state index is 0.300. The van der Waals surface area contributed by atoms with Gasteiger partial charge in [0, 0.05) is 32.4 Å². The Morgan fingerprint density at radius 2 is 2.37 bits per heavy atom. The van der Waals surface area contributed by atoms with Gasteiger partial charge in [0.05, 0.1) is 0 Å². The van der Waals surface area contributed by atoms with Crippen molar-refractivity contribution >= 4 is 5.82 Å². The lowest BCUT2D eigenvalue weighted by molar-refractivity contribution is 0.263. The fourth-order valence-electron chi connectivity index (χ4n) is 2.58. The predicted octanol–water partition coefficient (Wildman–Crippen LogP) is 1.79. The van der Waals surface area contributed by atoms with Crippen LogP contribution in [0.2, 0.25) is 0 Å². The SMILES string of the molecule is CCCNCc1ccc(N2CCC(CCO)C2)nc1. The van der Waals surface area contributed by atoms with Gasteiger partial charge in [-0.3, -0.25) is 0 Å². The van der Waals surface area contributed by atoms with Crippen molar-refractivity contribution in [1.29, 1.82) is 0 Å². The molecule has 0 aliphatic carbocycles. The van der Waals surface area contributed by atoms with Crippen LogP contribution >= 0.6 is 0 Å². The molecule has 0 radical (unpaired) electrons. The quantitative estimate of drug-likeness (QED) is 0.736. The average molecular weight is 263 g/mol. The highest BCUT2D eigenvalue weighted by Crippen LogP contribution is 2.23. The Labute approximate surface area is 115 Å². The molecule has 106 valence electrons. The van der Waals surface area contributed by atoms with Gasteiger partial charge in [-0.2, -0.15) is 0 Å². The molecule has 1 aliphatic rings. The third-order valence-corrected chi connectivity index (χ3v) is 3.71. The lowest BCUT2D eigenvalue weighted by atomic mass is 10.1. The predicted molar refractivity (Wildman–Crippen MR) is 78.3 cm³/mol. The van der Waals surface area contributed by atoms with Crippen LogP contribution in [-0.4, -0.2) is 36.3 Å². The van der Waals surface area contributed by atoms with Crippen LogP contribution in [0.3, 0.4) is 0 Å². The number of hydrogen-bond donors (Lipinski definition) is 2. The van der Waals surface area contributed by atoms with E-state index in [1.165, 1.54) is 12.0 Å². The van der Waals surface area contributed by atoms with Gasteiger partial charge < -0.3 is 15.3 Å². The number of aromatic nitrogens is 1. The summed E-state index contributed by atoms with van der Waals surface area (Å²) in [6.45, 7) is 6.51. The molecule has 1 aromatic rings. The minimum absolute atomic E-state index is 0.300. The maximum atomic E-state index is 8.98. The molecule has 0 amide bonds. The highest BCUT2D eigenvalue weighted by Gasteiger charge is 2.22. The molecule has 4 heteroatoms. The van der Waals surface area contributed by atoms with Gasteiger partial charge in [-0.25, -0.2) is 4.98 Å². The number of nitrogens with zero attached hydrogens (tertiary/aromatic N) is 2. The van der Waals surface area contributed by atoms with Gasteiger partial charge in [0.25, 0.3) is 0 Å². The normalized spacial score (nSPS) is 19.1. The van der Waals surface area contributed by atoms with Gasteiger partial charge in [-0.05, 0) is 43.4 Å². The molecule has 0 spiro atoms. The summed E-state index contributed by atoms with van der Waals surface area (Å²) >= 11 is 0. The van der Waals surface area contributed by atoms with E-state index in [1.807, 2.05) is 6.20 Å². The molecule has 1 aromatic heterocycles. The molecule has 0 aromatic carbocycles. The summed E-state index contributed by atoms with van der Waals surface area (Å²) < 4.78 is 0. The molecular weight excluding hydrogens is 238 g/mol. The largest absolute Gasteiger partial charge is 0.396 e. The van der Waals surface area contributed by atoms with Crippen molar-refractivity contribution in [2.24, 2.45) is 5.92 Å². The molecule has 4 nitrogen and oxygen atoms in total. The van der Waals surface area contributed by atoms with Gasteiger partial charge in [-0.15, -0.1) is 0 Å². The third-order valence-electron chi connectivity index (χ3n) is 3.71. The Morgan fingerprint density at radius 3 is 3.05 bits per heavy atom. The van der Waals surface area contributed by atoms with Crippen molar-refractivity contribution in [1.82, 2.24) is 10.3 Å². The van der Waals surface area contributed by atoms with E-state index in [0.717, 1.165) is 44.8 Å². The Bertz CT molecular complexity index is 366. The zero-order chi connectivity index (χ0) is 13.5. The van der Waals surface area contributed by atoms with Gasteiger partial charge in [0.15, 0.2) is 0 Å². The van der Waals surface area contributed by atoms with E-state index in [1.54, 1.807) is 0 Å². The van der Waals surface area contributed by atoms with Crippen molar-refractivity contribution in [2.75, 3.05) is 31.1 Å². The smallest absolute Gasteiger partial charge is 0.128 e. The highest BCUT2D eigenvalue weighted by atomic mass is 16.3. The number of pyridine rings is 1.